The molecule has 0 amide bonds. The van der Waals surface area contributed by atoms with Gasteiger partial charge in [-0.15, -0.1) is 0 Å². The van der Waals surface area contributed by atoms with Crippen LogP contribution >= 0.6 is 0 Å². The fourth-order valence-electron chi connectivity index (χ4n) is 1.38. The first-order valence-electron chi connectivity index (χ1n) is 5.31. The van der Waals surface area contributed by atoms with Crippen LogP contribution in [0.25, 0.3) is 0 Å². The molecule has 0 heterocycles. The second kappa shape index (κ2) is 6.62. The second-order valence-corrected chi connectivity index (χ2v) is 4.18. The standard InChI is InChI=1S/C13H20O4/c1-9(2)7-8-10(3)13(4,11(14)16-5)12(15)17-6/h7-8,10H,1H2,2-6H3/t10-/m1/s1. The zero-order chi connectivity index (χ0) is 13.6. The summed E-state index contributed by atoms with van der Waals surface area (Å²) < 4.78 is 9.34. The molecular formula is C13H20O4. The van der Waals surface area contributed by atoms with Gasteiger partial charge in [0.05, 0.1) is 14.2 Å². The summed E-state index contributed by atoms with van der Waals surface area (Å²) in [5, 5.41) is 0. The Morgan fingerprint density at radius 2 is 1.65 bits per heavy atom. The molecule has 4 radical (unpaired) electrons. The summed E-state index contributed by atoms with van der Waals surface area (Å²) >= 11 is 0. The summed E-state index contributed by atoms with van der Waals surface area (Å²) in [6, 6.07) is 0. The molecule has 0 rings (SSSR count). The van der Waals surface area contributed by atoms with Crippen molar-refractivity contribution in [1.82, 2.24) is 0 Å². The number of hydrogen-bond acceptors (Lipinski definition) is 4. The van der Waals surface area contributed by atoms with Crippen molar-refractivity contribution in [1.29, 1.82) is 0 Å². The highest BCUT2D eigenvalue weighted by Gasteiger charge is 2.48. The Labute approximate surface area is 104 Å². The third-order valence-corrected chi connectivity index (χ3v) is 2.80. The van der Waals surface area contributed by atoms with Gasteiger partial charge in [-0.1, -0.05) is 13.8 Å². The Morgan fingerprint density at radius 1 is 1.24 bits per heavy atom. The fourth-order valence-corrected chi connectivity index (χ4v) is 1.38. The number of esters is 2. The SMILES string of the molecule is [CH2][C](C)[CH][CH][C@@H](C)C(C)(C(=O)OC)C(=O)OC. The molecular weight excluding hydrogens is 220 g/mol. The van der Waals surface area contributed by atoms with Crippen molar-refractivity contribution in [2.45, 2.75) is 20.8 Å². The van der Waals surface area contributed by atoms with E-state index < -0.39 is 17.4 Å². The Morgan fingerprint density at radius 3 is 1.94 bits per heavy atom. The molecule has 0 bridgehead atoms. The minimum absolute atomic E-state index is 0.348. The first-order valence-corrected chi connectivity index (χ1v) is 5.31. The highest BCUT2D eigenvalue weighted by Crippen LogP contribution is 2.33. The third-order valence-electron chi connectivity index (χ3n) is 2.80. The summed E-state index contributed by atoms with van der Waals surface area (Å²) in [6.45, 7) is 8.82. The van der Waals surface area contributed by atoms with Crippen molar-refractivity contribution in [3.63, 3.8) is 0 Å². The summed E-state index contributed by atoms with van der Waals surface area (Å²) in [6.07, 6.45) is 3.50. The van der Waals surface area contributed by atoms with E-state index in [2.05, 4.69) is 16.4 Å². The number of carbonyl (C=O) groups excluding carboxylic acids is 2. The lowest BCUT2D eigenvalue weighted by atomic mass is 9.75. The Kier molecular flexibility index (Phi) is 6.21. The smallest absolute Gasteiger partial charge is 0.323 e. The van der Waals surface area contributed by atoms with Gasteiger partial charge >= 0.3 is 11.9 Å². The number of methoxy groups -OCH3 is 2. The summed E-state index contributed by atoms with van der Waals surface area (Å²) in [5.74, 6) is -0.723. The van der Waals surface area contributed by atoms with E-state index in [9.17, 15) is 9.59 Å². The van der Waals surface area contributed by atoms with Gasteiger partial charge in [-0.2, -0.15) is 0 Å². The predicted octanol–water partition coefficient (Wildman–Crippen LogP) is 1.81. The van der Waals surface area contributed by atoms with E-state index >= 15 is 0 Å². The number of ether oxygens (including phenoxy) is 2. The molecule has 0 aliphatic rings. The van der Waals surface area contributed by atoms with Crippen molar-refractivity contribution < 1.29 is 19.1 Å². The lowest BCUT2D eigenvalue weighted by molar-refractivity contribution is -0.170. The molecule has 0 fully saturated rings. The van der Waals surface area contributed by atoms with Crippen LogP contribution in [-0.4, -0.2) is 26.2 Å². The molecule has 96 valence electrons. The molecule has 1 atom stereocenters. The molecule has 0 saturated heterocycles. The highest BCUT2D eigenvalue weighted by molar-refractivity contribution is 6.00. The lowest BCUT2D eigenvalue weighted by Crippen LogP contribution is -2.44. The minimum atomic E-state index is -1.34. The molecule has 0 spiro atoms. The van der Waals surface area contributed by atoms with Crippen molar-refractivity contribution in [3.05, 3.63) is 25.7 Å². The average Bonchev–Trinajstić information content (AvgIpc) is 2.32. The van der Waals surface area contributed by atoms with Crippen molar-refractivity contribution >= 4 is 11.9 Å². The minimum Gasteiger partial charge on any atom is -0.468 e. The van der Waals surface area contributed by atoms with Crippen LogP contribution in [0.2, 0.25) is 0 Å². The van der Waals surface area contributed by atoms with Crippen LogP contribution < -0.4 is 0 Å². The zero-order valence-corrected chi connectivity index (χ0v) is 11.1. The lowest BCUT2D eigenvalue weighted by Gasteiger charge is -2.30. The van der Waals surface area contributed by atoms with E-state index in [4.69, 9.17) is 0 Å². The quantitative estimate of drug-likeness (QED) is 0.525. The van der Waals surface area contributed by atoms with Crippen molar-refractivity contribution in [2.24, 2.45) is 11.3 Å². The van der Waals surface area contributed by atoms with Crippen LogP contribution in [0.15, 0.2) is 0 Å². The first-order chi connectivity index (χ1) is 7.80. The second-order valence-electron chi connectivity index (χ2n) is 4.18. The van der Waals surface area contributed by atoms with E-state index in [0.717, 1.165) is 5.92 Å². The van der Waals surface area contributed by atoms with Crippen LogP contribution in [0.4, 0.5) is 0 Å². The monoisotopic (exact) mass is 240 g/mol. The van der Waals surface area contributed by atoms with Gasteiger partial charge in [0.1, 0.15) is 0 Å². The molecule has 4 nitrogen and oxygen atoms in total. The molecule has 0 aliphatic carbocycles. The maximum Gasteiger partial charge on any atom is 0.323 e. The van der Waals surface area contributed by atoms with Gasteiger partial charge in [0.2, 0.25) is 0 Å². The number of rotatable bonds is 6. The van der Waals surface area contributed by atoms with Gasteiger partial charge < -0.3 is 9.47 Å². The first kappa shape index (κ1) is 15.9. The van der Waals surface area contributed by atoms with Gasteiger partial charge in [0.25, 0.3) is 0 Å². The van der Waals surface area contributed by atoms with Crippen molar-refractivity contribution in [3.8, 4) is 0 Å². The van der Waals surface area contributed by atoms with E-state index in [1.165, 1.54) is 21.1 Å². The molecule has 0 N–H and O–H groups in total. The Hall–Kier alpha value is -1.06. The average molecular weight is 240 g/mol. The molecule has 0 aromatic heterocycles. The van der Waals surface area contributed by atoms with Crippen molar-refractivity contribution in [2.75, 3.05) is 14.2 Å². The third kappa shape index (κ3) is 3.72. The molecule has 0 saturated carbocycles. The fraction of sp³-hybridized carbons (Fsp3) is 0.538. The van der Waals surface area contributed by atoms with Gasteiger partial charge in [-0.3, -0.25) is 9.59 Å². The molecule has 0 aromatic carbocycles. The maximum absolute atomic E-state index is 11.7. The van der Waals surface area contributed by atoms with E-state index in [1.54, 1.807) is 19.8 Å². The molecule has 0 aliphatic heterocycles. The summed E-state index contributed by atoms with van der Waals surface area (Å²) in [5.41, 5.74) is -1.34. The summed E-state index contributed by atoms with van der Waals surface area (Å²) in [7, 11) is 2.50. The van der Waals surface area contributed by atoms with Crippen LogP contribution in [0.1, 0.15) is 20.8 Å². The number of hydrogen-bond donors (Lipinski definition) is 0. The zero-order valence-electron chi connectivity index (χ0n) is 11.1. The molecule has 17 heavy (non-hydrogen) atoms. The van der Waals surface area contributed by atoms with E-state index in [1.807, 2.05) is 6.92 Å². The van der Waals surface area contributed by atoms with E-state index in [0.29, 0.717) is 0 Å². The topological polar surface area (TPSA) is 52.6 Å². The molecule has 0 unspecified atom stereocenters. The van der Waals surface area contributed by atoms with Crippen LogP contribution in [0, 0.1) is 37.0 Å². The summed E-state index contributed by atoms with van der Waals surface area (Å²) in [4.78, 5) is 23.5. The van der Waals surface area contributed by atoms with Gasteiger partial charge in [-0.25, -0.2) is 0 Å². The van der Waals surface area contributed by atoms with Gasteiger partial charge in [0.15, 0.2) is 5.41 Å². The molecule has 0 aromatic rings. The normalized spacial score (nSPS) is 13.4. The Bertz CT molecular complexity index is 255. The Balaban J connectivity index is 4.91. The van der Waals surface area contributed by atoms with E-state index in [-0.39, 0.29) is 5.92 Å². The van der Waals surface area contributed by atoms with Crippen LogP contribution in [0.5, 0.6) is 0 Å². The van der Waals surface area contributed by atoms with Gasteiger partial charge in [0, 0.05) is 0 Å². The van der Waals surface area contributed by atoms with Crippen LogP contribution in [-0.2, 0) is 19.1 Å². The van der Waals surface area contributed by atoms with Crippen LogP contribution in [0.3, 0.4) is 0 Å². The highest BCUT2D eigenvalue weighted by atomic mass is 16.5. The maximum atomic E-state index is 11.7. The number of carbonyl (C=O) groups is 2. The predicted molar refractivity (Wildman–Crippen MR) is 64.2 cm³/mol. The largest absolute Gasteiger partial charge is 0.468 e. The van der Waals surface area contributed by atoms with Gasteiger partial charge in [-0.05, 0) is 38.5 Å². The molecule has 4 heteroatoms.